The molecule has 0 saturated heterocycles. The first-order chi connectivity index (χ1) is 11.1. The number of hydrogen-bond acceptors (Lipinski definition) is 4. The summed E-state index contributed by atoms with van der Waals surface area (Å²) < 4.78 is 5.80. The second-order valence-corrected chi connectivity index (χ2v) is 7.12. The molecule has 0 bridgehead atoms. The van der Waals surface area contributed by atoms with Gasteiger partial charge >= 0.3 is 6.03 Å². The van der Waals surface area contributed by atoms with E-state index in [1.165, 1.54) is 10.4 Å². The van der Waals surface area contributed by atoms with Gasteiger partial charge in [0.15, 0.2) is 0 Å². The Morgan fingerprint density at radius 3 is 3.00 bits per heavy atom. The fourth-order valence-electron chi connectivity index (χ4n) is 2.57. The van der Waals surface area contributed by atoms with E-state index in [2.05, 4.69) is 28.6 Å². The predicted molar refractivity (Wildman–Crippen MR) is 91.2 cm³/mol. The molecule has 0 unspecified atom stereocenters. The summed E-state index contributed by atoms with van der Waals surface area (Å²) in [7, 11) is 0. The summed E-state index contributed by atoms with van der Waals surface area (Å²) in [4.78, 5) is 17.5. The molecule has 2 heterocycles. The Hall–Kier alpha value is -2.08. The van der Waals surface area contributed by atoms with E-state index in [4.69, 9.17) is 4.74 Å². The lowest BCUT2D eigenvalue weighted by Crippen LogP contribution is -2.42. The van der Waals surface area contributed by atoms with Crippen LogP contribution in [0.25, 0.3) is 0 Å². The summed E-state index contributed by atoms with van der Waals surface area (Å²) >= 11 is 1.67. The summed E-state index contributed by atoms with van der Waals surface area (Å²) in [5.41, 5.74) is 1.20. The minimum atomic E-state index is -0.162. The van der Waals surface area contributed by atoms with Crippen LogP contribution in [0.4, 0.5) is 4.79 Å². The second kappa shape index (κ2) is 7.00. The average Bonchev–Trinajstić information content (AvgIpc) is 3.16. The van der Waals surface area contributed by atoms with Gasteiger partial charge in [0.25, 0.3) is 0 Å². The van der Waals surface area contributed by atoms with Crippen LogP contribution in [0.2, 0.25) is 0 Å². The average molecular weight is 331 g/mol. The maximum Gasteiger partial charge on any atom is 0.314 e. The van der Waals surface area contributed by atoms with E-state index in [0.29, 0.717) is 13.1 Å². The minimum absolute atomic E-state index is 0.0113. The van der Waals surface area contributed by atoms with Crippen molar-refractivity contribution >= 4 is 17.4 Å². The van der Waals surface area contributed by atoms with Crippen molar-refractivity contribution in [3.63, 3.8) is 0 Å². The maximum absolute atomic E-state index is 11.9. The van der Waals surface area contributed by atoms with Crippen molar-refractivity contribution in [2.24, 2.45) is 0 Å². The normalized spacial score (nSPS) is 17.2. The van der Waals surface area contributed by atoms with Gasteiger partial charge in [-0.05, 0) is 18.6 Å². The fourth-order valence-corrected chi connectivity index (χ4v) is 3.40. The van der Waals surface area contributed by atoms with Gasteiger partial charge in [-0.3, -0.25) is 0 Å². The third kappa shape index (κ3) is 4.01. The number of para-hydroxylation sites is 1. The van der Waals surface area contributed by atoms with Crippen LogP contribution in [0.1, 0.15) is 28.3 Å². The molecule has 1 aliphatic rings. The second-order valence-electron chi connectivity index (χ2n) is 5.85. The number of hydrogen-bond donors (Lipinski definition) is 2. The molecule has 6 heteroatoms. The molecule has 1 aromatic carbocycles. The molecular formula is C17H21N3O2S. The Bertz CT molecular complexity index is 661. The number of rotatable bonds is 5. The summed E-state index contributed by atoms with van der Waals surface area (Å²) in [6.45, 7) is 5.18. The molecule has 5 nitrogen and oxygen atoms in total. The van der Waals surface area contributed by atoms with Crippen LogP contribution in [0.3, 0.4) is 0 Å². The molecule has 3 rings (SSSR count). The number of carbonyl (C=O) groups is 1. The van der Waals surface area contributed by atoms with Crippen molar-refractivity contribution in [2.75, 3.05) is 13.1 Å². The van der Waals surface area contributed by atoms with Gasteiger partial charge in [0, 0.05) is 30.0 Å². The molecule has 0 saturated carbocycles. The van der Waals surface area contributed by atoms with Crippen LogP contribution in [0.5, 0.6) is 5.75 Å². The largest absolute Gasteiger partial charge is 0.488 e. The fraction of sp³-hybridized carbons (Fsp3) is 0.412. The number of aromatic nitrogens is 1. The van der Waals surface area contributed by atoms with Gasteiger partial charge in [-0.15, -0.1) is 11.3 Å². The third-order valence-corrected chi connectivity index (χ3v) is 4.98. The summed E-state index contributed by atoms with van der Waals surface area (Å²) in [6, 6.07) is 7.83. The van der Waals surface area contributed by atoms with Crippen molar-refractivity contribution in [3.05, 3.63) is 45.9 Å². The SMILES string of the molecule is Cc1cnc([C@H](C)CNC(=O)NC[C@H]2Cc3ccccc3O2)s1. The maximum atomic E-state index is 11.9. The highest BCUT2D eigenvalue weighted by atomic mass is 32.1. The number of nitrogens with one attached hydrogen (secondary N) is 2. The van der Waals surface area contributed by atoms with Crippen molar-refractivity contribution in [1.82, 2.24) is 15.6 Å². The zero-order valence-electron chi connectivity index (χ0n) is 13.3. The summed E-state index contributed by atoms with van der Waals surface area (Å²) in [6.07, 6.45) is 2.72. The molecule has 0 radical (unpaired) electrons. The Kier molecular flexibility index (Phi) is 4.81. The number of urea groups is 1. The number of thiazole rings is 1. The van der Waals surface area contributed by atoms with E-state index < -0.39 is 0 Å². The molecular weight excluding hydrogens is 310 g/mol. The number of aryl methyl sites for hydroxylation is 1. The Morgan fingerprint density at radius 1 is 1.43 bits per heavy atom. The zero-order valence-corrected chi connectivity index (χ0v) is 14.2. The first kappa shape index (κ1) is 15.8. The van der Waals surface area contributed by atoms with E-state index in [1.807, 2.05) is 31.3 Å². The van der Waals surface area contributed by atoms with Gasteiger partial charge in [-0.25, -0.2) is 9.78 Å². The van der Waals surface area contributed by atoms with Crippen molar-refractivity contribution in [1.29, 1.82) is 0 Å². The highest BCUT2D eigenvalue weighted by Crippen LogP contribution is 2.27. The lowest BCUT2D eigenvalue weighted by atomic mass is 10.1. The monoisotopic (exact) mass is 331 g/mol. The van der Waals surface area contributed by atoms with Crippen LogP contribution in [0.15, 0.2) is 30.5 Å². The van der Waals surface area contributed by atoms with Crippen LogP contribution in [0, 0.1) is 6.92 Å². The molecule has 2 atom stereocenters. The number of benzene rings is 1. The van der Waals surface area contributed by atoms with Gasteiger partial charge < -0.3 is 15.4 Å². The molecule has 2 N–H and O–H groups in total. The van der Waals surface area contributed by atoms with E-state index >= 15 is 0 Å². The predicted octanol–water partition coefficient (Wildman–Crippen LogP) is 2.86. The van der Waals surface area contributed by atoms with Gasteiger partial charge in [0.05, 0.1) is 11.6 Å². The molecule has 0 aliphatic carbocycles. The molecule has 122 valence electrons. The molecule has 23 heavy (non-hydrogen) atoms. The highest BCUT2D eigenvalue weighted by molar-refractivity contribution is 7.11. The smallest absolute Gasteiger partial charge is 0.314 e. The van der Waals surface area contributed by atoms with E-state index in [1.54, 1.807) is 11.3 Å². The van der Waals surface area contributed by atoms with Crippen molar-refractivity contribution < 1.29 is 9.53 Å². The van der Waals surface area contributed by atoms with Gasteiger partial charge in [0.1, 0.15) is 11.9 Å². The minimum Gasteiger partial charge on any atom is -0.488 e. The number of nitrogens with zero attached hydrogens (tertiary/aromatic N) is 1. The number of carbonyl (C=O) groups excluding carboxylic acids is 1. The van der Waals surface area contributed by atoms with Crippen LogP contribution >= 0.6 is 11.3 Å². The zero-order chi connectivity index (χ0) is 16.2. The quantitative estimate of drug-likeness (QED) is 0.885. The molecule has 1 aliphatic heterocycles. The summed E-state index contributed by atoms with van der Waals surface area (Å²) in [5, 5.41) is 6.83. The number of fused-ring (bicyclic) bond motifs is 1. The van der Waals surface area contributed by atoms with Crippen LogP contribution in [-0.2, 0) is 6.42 Å². The van der Waals surface area contributed by atoms with Gasteiger partial charge in [0.2, 0.25) is 0 Å². The molecule has 1 aromatic heterocycles. The first-order valence-electron chi connectivity index (χ1n) is 7.80. The highest BCUT2D eigenvalue weighted by Gasteiger charge is 2.22. The number of ether oxygens (including phenoxy) is 1. The topological polar surface area (TPSA) is 63.2 Å². The Labute approximate surface area is 140 Å². The molecule has 2 aromatic rings. The first-order valence-corrected chi connectivity index (χ1v) is 8.62. The molecule has 2 amide bonds. The van der Waals surface area contributed by atoms with Crippen molar-refractivity contribution in [2.45, 2.75) is 32.3 Å². The Morgan fingerprint density at radius 2 is 2.26 bits per heavy atom. The molecule has 0 spiro atoms. The lowest BCUT2D eigenvalue weighted by Gasteiger charge is -2.14. The number of amides is 2. The van der Waals surface area contributed by atoms with E-state index in [-0.39, 0.29) is 18.1 Å². The van der Waals surface area contributed by atoms with Crippen molar-refractivity contribution in [3.8, 4) is 5.75 Å². The van der Waals surface area contributed by atoms with E-state index in [0.717, 1.165) is 17.2 Å². The standard InChI is InChI=1S/C17H21N3O2S/c1-11(16-18-9-12(2)23-16)8-19-17(21)20-10-14-7-13-5-3-4-6-15(13)22-14/h3-6,9,11,14H,7-8,10H2,1-2H3,(H2,19,20,21)/t11-,14-/m1/s1. The third-order valence-electron chi connectivity index (χ3n) is 3.83. The van der Waals surface area contributed by atoms with Crippen LogP contribution in [-0.4, -0.2) is 30.2 Å². The van der Waals surface area contributed by atoms with Gasteiger partial charge in [-0.2, -0.15) is 0 Å². The summed E-state index contributed by atoms with van der Waals surface area (Å²) in [5.74, 6) is 1.14. The Balaban J connectivity index is 1.39. The van der Waals surface area contributed by atoms with Gasteiger partial charge in [-0.1, -0.05) is 25.1 Å². The molecule has 0 fully saturated rings. The van der Waals surface area contributed by atoms with Crippen LogP contribution < -0.4 is 15.4 Å². The van der Waals surface area contributed by atoms with E-state index in [9.17, 15) is 4.79 Å². The lowest BCUT2D eigenvalue weighted by molar-refractivity contribution is 0.213.